The van der Waals surface area contributed by atoms with E-state index in [1.807, 2.05) is 37.3 Å². The maximum atomic E-state index is 13.0. The highest BCUT2D eigenvalue weighted by Crippen LogP contribution is 2.43. The minimum absolute atomic E-state index is 0.147. The number of benzene rings is 2. The van der Waals surface area contributed by atoms with Crippen molar-refractivity contribution in [3.05, 3.63) is 76.2 Å². The van der Waals surface area contributed by atoms with E-state index >= 15 is 0 Å². The van der Waals surface area contributed by atoms with Crippen molar-refractivity contribution in [1.82, 2.24) is 0 Å². The number of thiophene rings is 1. The molecule has 1 amide bonds. The fraction of sp³-hybridized carbons (Fsp3) is 0.308. The Morgan fingerprint density at radius 3 is 2.73 bits per heavy atom. The molecule has 7 heteroatoms. The van der Waals surface area contributed by atoms with Gasteiger partial charge in [0.05, 0.1) is 17.4 Å². The van der Waals surface area contributed by atoms with Crippen LogP contribution in [-0.4, -0.2) is 23.7 Å². The molecule has 4 rings (SSSR count). The van der Waals surface area contributed by atoms with Crippen LogP contribution < -0.4 is 11.1 Å². The lowest BCUT2D eigenvalue weighted by molar-refractivity contribution is -0.115. The predicted molar refractivity (Wildman–Crippen MR) is 136 cm³/mol. The minimum atomic E-state index is -0.361. The van der Waals surface area contributed by atoms with Crippen LogP contribution in [-0.2, 0) is 22.4 Å². The summed E-state index contributed by atoms with van der Waals surface area (Å²) in [4.78, 5) is 28.0. The molecule has 5 nitrogen and oxygen atoms in total. The molecule has 172 valence electrons. The Labute approximate surface area is 202 Å². The number of anilines is 2. The molecule has 0 spiro atoms. The molecule has 0 bridgehead atoms. The van der Waals surface area contributed by atoms with Crippen LogP contribution in [0.1, 0.15) is 52.5 Å². The summed E-state index contributed by atoms with van der Waals surface area (Å²) in [6.07, 6.45) is 2.62. The summed E-state index contributed by atoms with van der Waals surface area (Å²) in [7, 11) is 0. The molecule has 33 heavy (non-hydrogen) atoms. The van der Waals surface area contributed by atoms with Gasteiger partial charge in [0, 0.05) is 15.5 Å². The monoisotopic (exact) mass is 480 g/mol. The lowest BCUT2D eigenvalue weighted by Gasteiger charge is -2.23. The molecule has 0 saturated carbocycles. The first-order valence-electron chi connectivity index (χ1n) is 11.2. The van der Waals surface area contributed by atoms with Gasteiger partial charge in [-0.15, -0.1) is 23.1 Å². The molecule has 0 fully saturated rings. The van der Waals surface area contributed by atoms with E-state index in [4.69, 9.17) is 10.5 Å². The van der Waals surface area contributed by atoms with Crippen molar-refractivity contribution in [3.8, 4) is 0 Å². The van der Waals surface area contributed by atoms with Crippen LogP contribution in [0.15, 0.2) is 59.5 Å². The van der Waals surface area contributed by atoms with Crippen LogP contribution >= 0.6 is 23.1 Å². The maximum absolute atomic E-state index is 13.0. The Morgan fingerprint density at radius 1 is 1.21 bits per heavy atom. The Morgan fingerprint density at radius 2 is 2.00 bits per heavy atom. The van der Waals surface area contributed by atoms with E-state index < -0.39 is 0 Å². The summed E-state index contributed by atoms with van der Waals surface area (Å²) in [5.41, 5.74) is 9.39. The molecule has 2 atom stereocenters. The van der Waals surface area contributed by atoms with Crippen LogP contribution in [0.4, 0.5) is 10.7 Å². The van der Waals surface area contributed by atoms with Crippen LogP contribution in [0.5, 0.6) is 0 Å². The van der Waals surface area contributed by atoms with Gasteiger partial charge in [-0.1, -0.05) is 36.4 Å². The quantitative estimate of drug-likeness (QED) is 0.250. The van der Waals surface area contributed by atoms with Crippen LogP contribution in [0.25, 0.3) is 0 Å². The Kier molecular flexibility index (Phi) is 7.40. The highest BCUT2D eigenvalue weighted by molar-refractivity contribution is 8.00. The second-order valence-electron chi connectivity index (χ2n) is 8.10. The predicted octanol–water partition coefficient (Wildman–Crippen LogP) is 5.90. The Balaban J connectivity index is 1.56. The number of carbonyl (C=O) groups is 2. The smallest absolute Gasteiger partial charge is 0.341 e. The third kappa shape index (κ3) is 5.42. The number of fused-ring (bicyclic) bond motifs is 1. The van der Waals surface area contributed by atoms with Crippen LogP contribution in [0, 0.1) is 0 Å². The standard InChI is InChI=1S/C26H28N2O3S2/c1-3-31-26(30)23-21-13-12-18(17-8-5-4-6-9-17)14-22(21)33-25(23)28-24(29)16(2)32-20-11-7-10-19(27)15-20/h4-11,15-16,18H,3,12-14,27H2,1-2H3,(H,28,29). The van der Waals surface area contributed by atoms with Gasteiger partial charge in [0.25, 0.3) is 0 Å². The zero-order valence-corrected chi connectivity index (χ0v) is 20.4. The normalized spacial score (nSPS) is 16.0. The summed E-state index contributed by atoms with van der Waals surface area (Å²) in [6, 6.07) is 18.0. The molecule has 3 N–H and O–H groups in total. The zero-order valence-electron chi connectivity index (χ0n) is 18.8. The molecule has 0 saturated heterocycles. The summed E-state index contributed by atoms with van der Waals surface area (Å²) < 4.78 is 5.35. The van der Waals surface area contributed by atoms with Gasteiger partial charge in [0.15, 0.2) is 0 Å². The fourth-order valence-corrected chi connectivity index (χ4v) is 6.42. The van der Waals surface area contributed by atoms with Crippen molar-refractivity contribution in [2.45, 2.75) is 49.2 Å². The number of amides is 1. The SMILES string of the molecule is CCOC(=O)c1c(NC(=O)C(C)Sc2cccc(N)c2)sc2c1CCC(c1ccccc1)C2. The van der Waals surface area contributed by atoms with Gasteiger partial charge in [-0.05, 0) is 68.4 Å². The fourth-order valence-electron chi connectivity index (χ4n) is 4.16. The van der Waals surface area contributed by atoms with Crippen molar-refractivity contribution in [1.29, 1.82) is 0 Å². The molecule has 0 radical (unpaired) electrons. The van der Waals surface area contributed by atoms with Gasteiger partial charge < -0.3 is 15.8 Å². The van der Waals surface area contributed by atoms with Crippen LogP contribution in [0.3, 0.4) is 0 Å². The minimum Gasteiger partial charge on any atom is -0.462 e. The number of nitrogen functional groups attached to an aromatic ring is 1. The molecule has 0 aliphatic heterocycles. The van der Waals surface area contributed by atoms with Gasteiger partial charge >= 0.3 is 5.97 Å². The second kappa shape index (κ2) is 10.4. The van der Waals surface area contributed by atoms with E-state index in [2.05, 4.69) is 29.6 Å². The van der Waals surface area contributed by atoms with Gasteiger partial charge in [-0.2, -0.15) is 0 Å². The molecule has 2 aromatic carbocycles. The number of nitrogens with one attached hydrogen (secondary N) is 1. The lowest BCUT2D eigenvalue weighted by Crippen LogP contribution is -2.23. The number of thioether (sulfide) groups is 1. The molecule has 1 aromatic heterocycles. The van der Waals surface area contributed by atoms with Crippen molar-refractivity contribution in [3.63, 3.8) is 0 Å². The first kappa shape index (κ1) is 23.4. The van der Waals surface area contributed by atoms with Crippen molar-refractivity contribution in [2.24, 2.45) is 0 Å². The maximum Gasteiger partial charge on any atom is 0.341 e. The number of rotatable bonds is 7. The summed E-state index contributed by atoms with van der Waals surface area (Å²) in [5.74, 6) is -0.0975. The van der Waals surface area contributed by atoms with E-state index in [0.29, 0.717) is 28.8 Å². The zero-order chi connectivity index (χ0) is 23.4. The first-order chi connectivity index (χ1) is 16.0. The lowest BCUT2D eigenvalue weighted by atomic mass is 9.83. The second-order valence-corrected chi connectivity index (χ2v) is 10.6. The van der Waals surface area contributed by atoms with Crippen molar-refractivity contribution >= 4 is 45.7 Å². The summed E-state index contributed by atoms with van der Waals surface area (Å²) in [5, 5.41) is 3.27. The summed E-state index contributed by atoms with van der Waals surface area (Å²) >= 11 is 2.95. The Hall–Kier alpha value is -2.77. The molecule has 1 aliphatic carbocycles. The van der Waals surface area contributed by atoms with Crippen molar-refractivity contribution < 1.29 is 14.3 Å². The first-order valence-corrected chi connectivity index (χ1v) is 12.9. The van der Waals surface area contributed by atoms with Gasteiger partial charge in [-0.25, -0.2) is 4.79 Å². The number of esters is 1. The van der Waals surface area contributed by atoms with Gasteiger partial charge in [-0.3, -0.25) is 4.79 Å². The number of carbonyl (C=O) groups excluding carboxylic acids is 2. The third-order valence-electron chi connectivity index (χ3n) is 5.79. The molecular formula is C26H28N2O3S2. The molecule has 1 aliphatic rings. The number of ether oxygens (including phenoxy) is 1. The average molecular weight is 481 g/mol. The molecule has 3 aromatic rings. The number of nitrogens with two attached hydrogens (primary N) is 1. The number of hydrogen-bond donors (Lipinski definition) is 2. The highest BCUT2D eigenvalue weighted by atomic mass is 32.2. The molecule has 2 unspecified atom stereocenters. The largest absolute Gasteiger partial charge is 0.462 e. The molecule has 1 heterocycles. The third-order valence-corrected chi connectivity index (χ3v) is 8.06. The topological polar surface area (TPSA) is 81.4 Å². The molecular weight excluding hydrogens is 452 g/mol. The van der Waals surface area contributed by atoms with Gasteiger partial charge in [0.2, 0.25) is 5.91 Å². The van der Waals surface area contributed by atoms with E-state index in [0.717, 1.165) is 34.6 Å². The van der Waals surface area contributed by atoms with E-state index in [1.165, 1.54) is 28.7 Å². The summed E-state index contributed by atoms with van der Waals surface area (Å²) in [6.45, 7) is 3.95. The average Bonchev–Trinajstić information content (AvgIpc) is 3.16. The Bertz CT molecular complexity index is 1140. The van der Waals surface area contributed by atoms with E-state index in [-0.39, 0.29) is 17.1 Å². The van der Waals surface area contributed by atoms with E-state index in [1.54, 1.807) is 6.92 Å². The van der Waals surface area contributed by atoms with E-state index in [9.17, 15) is 9.59 Å². The number of hydrogen-bond acceptors (Lipinski definition) is 6. The van der Waals surface area contributed by atoms with Gasteiger partial charge in [0.1, 0.15) is 5.00 Å². The van der Waals surface area contributed by atoms with Crippen LogP contribution in [0.2, 0.25) is 0 Å². The highest BCUT2D eigenvalue weighted by Gasteiger charge is 2.31. The van der Waals surface area contributed by atoms with Crippen molar-refractivity contribution in [2.75, 3.05) is 17.7 Å².